The van der Waals surface area contributed by atoms with Crippen LogP contribution in [0.2, 0.25) is 5.02 Å². The molecule has 8 heteroatoms. The quantitative estimate of drug-likeness (QED) is 0.538. The fourth-order valence-corrected chi connectivity index (χ4v) is 5.06. The number of hydrogen-bond donors (Lipinski definition) is 0. The van der Waals surface area contributed by atoms with Crippen LogP contribution in [0, 0.1) is 25.7 Å². The van der Waals surface area contributed by atoms with Crippen LogP contribution in [0.1, 0.15) is 65.3 Å². The molecule has 2 aliphatic heterocycles. The lowest BCUT2D eigenvalue weighted by molar-refractivity contribution is 0.0605. The van der Waals surface area contributed by atoms with Crippen LogP contribution >= 0.6 is 11.6 Å². The fraction of sp³-hybridized carbons (Fsp3) is 0.440. The SMILES string of the molecule is C#N.Cc1ccc(Cl)cc1C(=O)N1CCCCC1c1cc2nc(N3CCCC3)c(C)cn2n1. The van der Waals surface area contributed by atoms with Crippen molar-refractivity contribution in [2.45, 2.75) is 52.0 Å². The molecule has 0 bridgehead atoms. The molecule has 0 radical (unpaired) electrons. The maximum Gasteiger partial charge on any atom is 0.254 e. The van der Waals surface area contributed by atoms with E-state index in [2.05, 4.69) is 30.7 Å². The molecule has 1 amide bonds. The number of aryl methyl sites for hydroxylation is 2. The predicted octanol–water partition coefficient (Wildman–Crippen LogP) is 5.11. The van der Waals surface area contributed by atoms with E-state index < -0.39 is 0 Å². The minimum Gasteiger partial charge on any atom is -0.356 e. The van der Waals surface area contributed by atoms with Crippen molar-refractivity contribution in [3.63, 3.8) is 0 Å². The number of likely N-dealkylation sites (tertiary alicyclic amines) is 1. The first kappa shape index (κ1) is 23.1. The number of nitriles is 1. The van der Waals surface area contributed by atoms with Gasteiger partial charge in [0.2, 0.25) is 0 Å². The van der Waals surface area contributed by atoms with E-state index in [9.17, 15) is 4.79 Å². The summed E-state index contributed by atoms with van der Waals surface area (Å²) in [5.74, 6) is 1.09. The number of halogens is 1. The Kier molecular flexibility index (Phi) is 6.85. The molecule has 2 saturated heterocycles. The van der Waals surface area contributed by atoms with Crippen molar-refractivity contribution in [3.05, 3.63) is 57.9 Å². The Hall–Kier alpha value is -3.11. The molecule has 7 nitrogen and oxygen atoms in total. The van der Waals surface area contributed by atoms with Gasteiger partial charge in [-0.15, -0.1) is 0 Å². The first-order valence-electron chi connectivity index (χ1n) is 11.5. The molecule has 3 aromatic rings. The van der Waals surface area contributed by atoms with Crippen molar-refractivity contribution in [1.82, 2.24) is 19.5 Å². The molecule has 0 aliphatic carbocycles. The van der Waals surface area contributed by atoms with Gasteiger partial charge in [-0.3, -0.25) is 4.79 Å². The van der Waals surface area contributed by atoms with Crippen LogP contribution in [0.25, 0.3) is 5.65 Å². The lowest BCUT2D eigenvalue weighted by Crippen LogP contribution is -2.39. The van der Waals surface area contributed by atoms with E-state index in [-0.39, 0.29) is 11.9 Å². The standard InChI is InChI=1S/C24H28ClN5O.CHN/c1-16-8-9-18(25)13-19(16)24(31)29-12-4-3-7-21(29)20-14-22-26-23(28-10-5-6-11-28)17(2)15-30(22)27-20;1-2/h8-9,13-15,21H,3-7,10-12H2,1-2H3;1H. The van der Waals surface area contributed by atoms with E-state index in [1.165, 1.54) is 12.8 Å². The summed E-state index contributed by atoms with van der Waals surface area (Å²) < 4.78 is 1.87. The highest BCUT2D eigenvalue weighted by Gasteiger charge is 2.31. The molecule has 2 aromatic heterocycles. The van der Waals surface area contributed by atoms with Crippen LogP contribution in [0.3, 0.4) is 0 Å². The summed E-state index contributed by atoms with van der Waals surface area (Å²) in [6, 6.07) is 7.53. The van der Waals surface area contributed by atoms with Gasteiger partial charge in [-0.25, -0.2) is 14.8 Å². The molecule has 1 aromatic carbocycles. The van der Waals surface area contributed by atoms with Gasteiger partial charge in [0, 0.05) is 54.6 Å². The number of anilines is 1. The number of aromatic nitrogens is 3. The maximum atomic E-state index is 13.5. The minimum absolute atomic E-state index is 0.0312. The molecule has 172 valence electrons. The van der Waals surface area contributed by atoms with Crippen molar-refractivity contribution < 1.29 is 4.79 Å². The predicted molar refractivity (Wildman–Crippen MR) is 130 cm³/mol. The largest absolute Gasteiger partial charge is 0.356 e. The Bertz CT molecular complexity index is 1180. The zero-order chi connectivity index (χ0) is 23.5. The van der Waals surface area contributed by atoms with Gasteiger partial charge in [-0.05, 0) is 63.6 Å². The van der Waals surface area contributed by atoms with E-state index in [1.54, 1.807) is 6.07 Å². The summed E-state index contributed by atoms with van der Waals surface area (Å²) in [4.78, 5) is 22.7. The van der Waals surface area contributed by atoms with Crippen LogP contribution in [0.5, 0.6) is 0 Å². The Labute approximate surface area is 199 Å². The van der Waals surface area contributed by atoms with E-state index in [4.69, 9.17) is 26.9 Å². The van der Waals surface area contributed by atoms with E-state index in [0.29, 0.717) is 10.6 Å². The first-order chi connectivity index (χ1) is 16.0. The van der Waals surface area contributed by atoms with Crippen molar-refractivity contribution in [1.29, 1.82) is 5.26 Å². The lowest BCUT2D eigenvalue weighted by atomic mass is 9.97. The number of amides is 1. The van der Waals surface area contributed by atoms with Gasteiger partial charge >= 0.3 is 0 Å². The van der Waals surface area contributed by atoms with Crippen LogP contribution < -0.4 is 4.90 Å². The second-order valence-electron chi connectivity index (χ2n) is 8.78. The third kappa shape index (κ3) is 4.53. The Morgan fingerprint density at radius 2 is 1.79 bits per heavy atom. The third-order valence-corrected chi connectivity index (χ3v) is 6.80. The number of piperidine rings is 1. The van der Waals surface area contributed by atoms with Crippen LogP contribution in [0.15, 0.2) is 30.5 Å². The minimum atomic E-state index is -0.0446. The molecule has 33 heavy (non-hydrogen) atoms. The topological polar surface area (TPSA) is 77.5 Å². The number of rotatable bonds is 3. The van der Waals surface area contributed by atoms with Crippen LogP contribution in [0.4, 0.5) is 5.82 Å². The summed E-state index contributed by atoms with van der Waals surface area (Å²) in [7, 11) is 0. The molecule has 1 atom stereocenters. The van der Waals surface area contributed by atoms with Crippen LogP contribution in [-0.2, 0) is 0 Å². The Morgan fingerprint density at radius 3 is 2.55 bits per heavy atom. The summed E-state index contributed by atoms with van der Waals surface area (Å²) >= 11 is 6.19. The second-order valence-corrected chi connectivity index (χ2v) is 9.22. The first-order valence-corrected chi connectivity index (χ1v) is 11.8. The maximum absolute atomic E-state index is 13.5. The molecule has 0 saturated carbocycles. The number of benzene rings is 1. The average Bonchev–Trinajstić information content (AvgIpc) is 3.51. The number of hydrogen-bond acceptors (Lipinski definition) is 5. The van der Waals surface area contributed by atoms with Crippen molar-refractivity contribution >= 4 is 29.0 Å². The highest BCUT2D eigenvalue weighted by atomic mass is 35.5. The average molecular weight is 465 g/mol. The molecule has 0 spiro atoms. The van der Waals surface area contributed by atoms with Crippen molar-refractivity contribution in [2.24, 2.45) is 0 Å². The molecular formula is C25H29ClN6O. The lowest BCUT2D eigenvalue weighted by Gasteiger charge is -2.35. The van der Waals surface area contributed by atoms with Gasteiger partial charge < -0.3 is 9.80 Å². The fourth-order valence-electron chi connectivity index (χ4n) is 4.89. The van der Waals surface area contributed by atoms with Crippen LogP contribution in [-0.4, -0.2) is 45.0 Å². The second kappa shape index (κ2) is 9.80. The highest BCUT2D eigenvalue weighted by molar-refractivity contribution is 6.31. The zero-order valence-electron chi connectivity index (χ0n) is 19.2. The zero-order valence-corrected chi connectivity index (χ0v) is 19.9. The van der Waals surface area contributed by atoms with Gasteiger partial charge in [0.15, 0.2) is 5.65 Å². The molecule has 2 aliphatic rings. The van der Waals surface area contributed by atoms with E-state index in [0.717, 1.165) is 67.2 Å². The number of fused-ring (bicyclic) bond motifs is 1. The summed E-state index contributed by atoms with van der Waals surface area (Å²) in [6.07, 6.45) is 7.51. The van der Waals surface area contributed by atoms with Gasteiger partial charge in [0.25, 0.3) is 5.91 Å². The molecule has 4 heterocycles. The Balaban J connectivity index is 0.00000126. The molecule has 2 fully saturated rings. The monoisotopic (exact) mass is 464 g/mol. The smallest absolute Gasteiger partial charge is 0.254 e. The number of carbonyl (C=O) groups excluding carboxylic acids is 1. The molecule has 5 rings (SSSR count). The van der Waals surface area contributed by atoms with E-state index in [1.807, 2.05) is 28.5 Å². The van der Waals surface area contributed by atoms with Crippen molar-refractivity contribution in [2.75, 3.05) is 24.5 Å². The molecular weight excluding hydrogens is 436 g/mol. The summed E-state index contributed by atoms with van der Waals surface area (Å²) in [5.41, 5.74) is 4.52. The van der Waals surface area contributed by atoms with E-state index >= 15 is 0 Å². The Morgan fingerprint density at radius 1 is 1.06 bits per heavy atom. The summed E-state index contributed by atoms with van der Waals surface area (Å²) in [6.45, 7) is 10.4. The third-order valence-electron chi connectivity index (χ3n) is 6.56. The molecule has 1 unspecified atom stereocenters. The normalized spacial score (nSPS) is 18.3. The molecule has 0 N–H and O–H groups in total. The number of carbonyl (C=O) groups is 1. The van der Waals surface area contributed by atoms with Gasteiger partial charge in [-0.2, -0.15) is 5.10 Å². The number of nitrogens with zero attached hydrogens (tertiary/aromatic N) is 6. The van der Waals surface area contributed by atoms with Gasteiger partial charge in [-0.1, -0.05) is 17.7 Å². The summed E-state index contributed by atoms with van der Waals surface area (Å²) in [5, 5.41) is 11.9. The van der Waals surface area contributed by atoms with Crippen molar-refractivity contribution in [3.8, 4) is 6.57 Å². The van der Waals surface area contributed by atoms with Gasteiger partial charge in [0.1, 0.15) is 5.82 Å². The highest BCUT2D eigenvalue weighted by Crippen LogP contribution is 2.33. The van der Waals surface area contributed by atoms with Gasteiger partial charge in [0.05, 0.1) is 11.7 Å².